The molecule has 0 saturated carbocycles. The molecule has 2 heterocycles. The van der Waals surface area contributed by atoms with Gasteiger partial charge in [-0.15, -0.1) is 0 Å². The second-order valence-corrected chi connectivity index (χ2v) is 5.99. The van der Waals surface area contributed by atoms with E-state index in [4.69, 9.17) is 5.26 Å². The Morgan fingerprint density at radius 1 is 1.27 bits per heavy atom. The molecule has 114 valence electrons. The lowest BCUT2D eigenvalue weighted by Gasteiger charge is -2.23. The van der Waals surface area contributed by atoms with Gasteiger partial charge in [0.2, 0.25) is 5.91 Å². The summed E-state index contributed by atoms with van der Waals surface area (Å²) < 4.78 is 0. The Labute approximate surface area is 131 Å². The Bertz CT molecular complexity index is 590. The van der Waals surface area contributed by atoms with Gasteiger partial charge in [0.15, 0.2) is 0 Å². The SMILES string of the molecule is N#CC1CCCN1C(=O)[C@@H]1CCC(/C=C/c2ccccc2)N1. The summed E-state index contributed by atoms with van der Waals surface area (Å²) in [6.07, 6.45) is 7.79. The van der Waals surface area contributed by atoms with Gasteiger partial charge in [-0.1, -0.05) is 42.5 Å². The normalized spacial score (nSPS) is 28.1. The van der Waals surface area contributed by atoms with Crippen LogP contribution in [0.4, 0.5) is 0 Å². The Kier molecular flexibility index (Phi) is 4.55. The van der Waals surface area contributed by atoms with E-state index in [0.717, 1.165) is 32.2 Å². The molecule has 0 radical (unpaired) electrons. The van der Waals surface area contributed by atoms with Crippen LogP contribution in [0, 0.1) is 11.3 Å². The number of benzene rings is 1. The van der Waals surface area contributed by atoms with E-state index in [2.05, 4.69) is 35.7 Å². The van der Waals surface area contributed by atoms with Crippen LogP contribution in [0.15, 0.2) is 36.4 Å². The second kappa shape index (κ2) is 6.76. The summed E-state index contributed by atoms with van der Waals surface area (Å²) in [6.45, 7) is 0.722. The van der Waals surface area contributed by atoms with Crippen molar-refractivity contribution in [3.63, 3.8) is 0 Å². The smallest absolute Gasteiger partial charge is 0.240 e. The first-order valence-corrected chi connectivity index (χ1v) is 7.97. The molecule has 22 heavy (non-hydrogen) atoms. The van der Waals surface area contributed by atoms with Gasteiger partial charge in [0.25, 0.3) is 0 Å². The van der Waals surface area contributed by atoms with E-state index < -0.39 is 0 Å². The van der Waals surface area contributed by atoms with Gasteiger partial charge in [0, 0.05) is 12.6 Å². The van der Waals surface area contributed by atoms with Crippen LogP contribution in [0.5, 0.6) is 0 Å². The molecule has 4 nitrogen and oxygen atoms in total. The molecule has 0 aliphatic carbocycles. The van der Waals surface area contributed by atoms with Gasteiger partial charge in [0.1, 0.15) is 6.04 Å². The molecule has 0 spiro atoms. The van der Waals surface area contributed by atoms with Crippen molar-refractivity contribution in [2.45, 2.75) is 43.8 Å². The number of nitriles is 1. The highest BCUT2D eigenvalue weighted by Crippen LogP contribution is 2.22. The van der Waals surface area contributed by atoms with Gasteiger partial charge in [-0.3, -0.25) is 10.1 Å². The van der Waals surface area contributed by atoms with Crippen molar-refractivity contribution in [2.75, 3.05) is 6.54 Å². The van der Waals surface area contributed by atoms with Crippen LogP contribution in [-0.4, -0.2) is 35.5 Å². The minimum absolute atomic E-state index is 0.0969. The maximum Gasteiger partial charge on any atom is 0.240 e. The summed E-state index contributed by atoms with van der Waals surface area (Å²) in [5, 5.41) is 12.5. The summed E-state index contributed by atoms with van der Waals surface area (Å²) in [7, 11) is 0. The number of hydrogen-bond acceptors (Lipinski definition) is 3. The second-order valence-electron chi connectivity index (χ2n) is 5.99. The monoisotopic (exact) mass is 295 g/mol. The number of amides is 1. The molecule has 1 amide bonds. The topological polar surface area (TPSA) is 56.1 Å². The first kappa shape index (κ1) is 14.8. The number of rotatable bonds is 3. The van der Waals surface area contributed by atoms with Crippen molar-refractivity contribution in [1.82, 2.24) is 10.2 Å². The molecule has 1 N–H and O–H groups in total. The van der Waals surface area contributed by atoms with E-state index in [-0.39, 0.29) is 24.0 Å². The number of carbonyl (C=O) groups excluding carboxylic acids is 1. The van der Waals surface area contributed by atoms with E-state index in [1.165, 1.54) is 5.56 Å². The van der Waals surface area contributed by atoms with E-state index in [1.807, 2.05) is 18.2 Å². The Balaban J connectivity index is 1.57. The van der Waals surface area contributed by atoms with Crippen LogP contribution in [-0.2, 0) is 4.79 Å². The molecular weight excluding hydrogens is 274 g/mol. The number of hydrogen-bond donors (Lipinski definition) is 1. The molecule has 2 aliphatic heterocycles. The zero-order valence-corrected chi connectivity index (χ0v) is 12.6. The van der Waals surface area contributed by atoms with E-state index in [0.29, 0.717) is 0 Å². The minimum Gasteiger partial charge on any atom is -0.325 e. The summed E-state index contributed by atoms with van der Waals surface area (Å²) >= 11 is 0. The van der Waals surface area contributed by atoms with Gasteiger partial charge in [-0.25, -0.2) is 0 Å². The number of carbonyl (C=O) groups is 1. The van der Waals surface area contributed by atoms with Crippen molar-refractivity contribution in [3.05, 3.63) is 42.0 Å². The van der Waals surface area contributed by atoms with Crippen LogP contribution in [0.3, 0.4) is 0 Å². The third-order valence-electron chi connectivity index (χ3n) is 4.49. The number of nitrogens with one attached hydrogen (secondary N) is 1. The standard InChI is InChI=1S/C18H21N3O/c19-13-16-7-4-12-21(16)18(22)17-11-10-15(20-17)9-8-14-5-2-1-3-6-14/h1-3,5-6,8-9,15-17,20H,4,7,10-12H2/b9-8+/t15?,16?,17-/m0/s1. The van der Waals surface area contributed by atoms with Crippen molar-refractivity contribution in [2.24, 2.45) is 0 Å². The summed E-state index contributed by atoms with van der Waals surface area (Å²) in [4.78, 5) is 14.3. The fourth-order valence-electron chi connectivity index (χ4n) is 3.27. The van der Waals surface area contributed by atoms with Crippen LogP contribution >= 0.6 is 0 Å². The Morgan fingerprint density at radius 2 is 2.09 bits per heavy atom. The van der Waals surface area contributed by atoms with Gasteiger partial charge < -0.3 is 4.90 Å². The molecular formula is C18H21N3O. The molecule has 0 aromatic heterocycles. The van der Waals surface area contributed by atoms with Crippen molar-refractivity contribution >= 4 is 12.0 Å². The number of likely N-dealkylation sites (tertiary alicyclic amines) is 1. The zero-order chi connectivity index (χ0) is 15.4. The predicted molar refractivity (Wildman–Crippen MR) is 85.8 cm³/mol. The minimum atomic E-state index is -0.229. The average Bonchev–Trinajstić information content (AvgIpc) is 3.22. The molecule has 2 saturated heterocycles. The van der Waals surface area contributed by atoms with Gasteiger partial charge >= 0.3 is 0 Å². The quantitative estimate of drug-likeness (QED) is 0.931. The molecule has 3 atom stereocenters. The maximum atomic E-state index is 12.5. The van der Waals surface area contributed by atoms with Gasteiger partial charge in [0.05, 0.1) is 12.1 Å². The van der Waals surface area contributed by atoms with Crippen molar-refractivity contribution < 1.29 is 4.79 Å². The lowest BCUT2D eigenvalue weighted by Crippen LogP contribution is -2.46. The molecule has 2 aliphatic rings. The third-order valence-corrected chi connectivity index (χ3v) is 4.49. The summed E-state index contributed by atoms with van der Waals surface area (Å²) in [5.41, 5.74) is 1.17. The molecule has 1 aromatic rings. The van der Waals surface area contributed by atoms with Gasteiger partial charge in [-0.05, 0) is 31.2 Å². The molecule has 1 aromatic carbocycles. The predicted octanol–water partition coefficient (Wildman–Crippen LogP) is 2.33. The largest absolute Gasteiger partial charge is 0.325 e. The molecule has 4 heteroatoms. The third kappa shape index (κ3) is 3.20. The fraction of sp³-hybridized carbons (Fsp3) is 0.444. The highest BCUT2D eigenvalue weighted by Gasteiger charge is 2.36. The van der Waals surface area contributed by atoms with Gasteiger partial charge in [-0.2, -0.15) is 5.26 Å². The lowest BCUT2D eigenvalue weighted by molar-refractivity contribution is -0.133. The Hall–Kier alpha value is -2.12. The van der Waals surface area contributed by atoms with E-state index in [1.54, 1.807) is 4.90 Å². The highest BCUT2D eigenvalue weighted by atomic mass is 16.2. The van der Waals surface area contributed by atoms with E-state index >= 15 is 0 Å². The fourth-order valence-corrected chi connectivity index (χ4v) is 3.27. The zero-order valence-electron chi connectivity index (χ0n) is 12.6. The average molecular weight is 295 g/mol. The highest BCUT2D eigenvalue weighted by molar-refractivity contribution is 5.83. The molecule has 2 unspecified atom stereocenters. The van der Waals surface area contributed by atoms with E-state index in [9.17, 15) is 4.79 Å². The van der Waals surface area contributed by atoms with Crippen molar-refractivity contribution in [3.8, 4) is 6.07 Å². The molecule has 3 rings (SSSR count). The summed E-state index contributed by atoms with van der Waals surface area (Å²) in [6, 6.07) is 12.3. The first-order valence-electron chi connectivity index (χ1n) is 7.97. The van der Waals surface area contributed by atoms with Crippen LogP contribution < -0.4 is 5.32 Å². The number of nitrogens with zero attached hydrogens (tertiary/aromatic N) is 2. The molecule has 0 bridgehead atoms. The maximum absolute atomic E-state index is 12.5. The van der Waals surface area contributed by atoms with Crippen LogP contribution in [0.25, 0.3) is 6.08 Å². The van der Waals surface area contributed by atoms with Crippen LogP contribution in [0.2, 0.25) is 0 Å². The lowest BCUT2D eigenvalue weighted by atomic mass is 10.1. The first-order chi connectivity index (χ1) is 10.8. The molecule has 2 fully saturated rings. The van der Waals surface area contributed by atoms with Crippen molar-refractivity contribution in [1.29, 1.82) is 5.26 Å². The summed E-state index contributed by atoms with van der Waals surface area (Å²) in [5.74, 6) is 0.0969. The Morgan fingerprint density at radius 3 is 2.86 bits per heavy atom. The van der Waals surface area contributed by atoms with Crippen LogP contribution in [0.1, 0.15) is 31.2 Å².